The largest absolute Gasteiger partial charge is 0.452 e. The van der Waals surface area contributed by atoms with E-state index < -0.39 is 18.5 Å². The van der Waals surface area contributed by atoms with E-state index in [0.717, 1.165) is 12.0 Å². The molecule has 2 fully saturated rings. The second-order valence-corrected chi connectivity index (χ2v) is 8.97. The Kier molecular flexibility index (Phi) is 5.12. The third-order valence-electron chi connectivity index (χ3n) is 6.97. The van der Waals surface area contributed by atoms with Crippen LogP contribution in [-0.4, -0.2) is 30.3 Å². The number of hydrogen-bond acceptors (Lipinski definition) is 5. The Morgan fingerprint density at radius 3 is 2.58 bits per heavy atom. The van der Waals surface area contributed by atoms with E-state index in [9.17, 15) is 19.2 Å². The van der Waals surface area contributed by atoms with Crippen molar-refractivity contribution in [1.29, 1.82) is 0 Å². The molecule has 1 saturated heterocycles. The van der Waals surface area contributed by atoms with Gasteiger partial charge in [0.2, 0.25) is 11.8 Å². The van der Waals surface area contributed by atoms with Gasteiger partial charge in [0, 0.05) is 5.69 Å². The standard InChI is InChI=1S/C26H24N2O5/c1-14-6-3-4-9-20(14)27-21(29)13-33-26(32)16-7-5-8-18(11-16)28-24(30)22-17-10-15(2)19(12-17)23(22)25(28)31/h3-11,17,19,22-23H,12-13H2,1-2H3,(H,27,29)/t17-,19+,22+,23+/m0/s1. The molecule has 3 amide bonds. The Hall–Kier alpha value is -3.74. The van der Waals surface area contributed by atoms with E-state index in [1.165, 1.54) is 22.6 Å². The fraction of sp³-hybridized carbons (Fsp3) is 0.308. The Bertz CT molecular complexity index is 1220. The van der Waals surface area contributed by atoms with Gasteiger partial charge in [0.1, 0.15) is 0 Å². The van der Waals surface area contributed by atoms with E-state index in [2.05, 4.69) is 11.4 Å². The summed E-state index contributed by atoms with van der Waals surface area (Å²) in [7, 11) is 0. The highest BCUT2D eigenvalue weighted by molar-refractivity contribution is 6.23. The van der Waals surface area contributed by atoms with Crippen LogP contribution in [0.25, 0.3) is 0 Å². The van der Waals surface area contributed by atoms with Crippen molar-refractivity contribution >= 4 is 35.1 Å². The number of para-hydroxylation sites is 1. The number of ether oxygens (including phenoxy) is 1. The van der Waals surface area contributed by atoms with Crippen molar-refractivity contribution in [3.05, 3.63) is 71.3 Å². The number of aryl methyl sites for hydroxylation is 1. The molecule has 2 aromatic rings. The number of amides is 3. The van der Waals surface area contributed by atoms with Crippen LogP contribution in [0.5, 0.6) is 0 Å². The molecule has 0 spiro atoms. The number of allylic oxidation sites excluding steroid dienone is 2. The average molecular weight is 444 g/mol. The Morgan fingerprint density at radius 2 is 1.79 bits per heavy atom. The van der Waals surface area contributed by atoms with E-state index in [4.69, 9.17) is 4.74 Å². The van der Waals surface area contributed by atoms with Crippen molar-refractivity contribution in [1.82, 2.24) is 0 Å². The molecule has 33 heavy (non-hydrogen) atoms. The molecular weight excluding hydrogens is 420 g/mol. The summed E-state index contributed by atoms with van der Waals surface area (Å²) in [4.78, 5) is 52.2. The Morgan fingerprint density at radius 1 is 1.03 bits per heavy atom. The van der Waals surface area contributed by atoms with Crippen molar-refractivity contribution in [3.8, 4) is 0 Å². The van der Waals surface area contributed by atoms with E-state index >= 15 is 0 Å². The van der Waals surface area contributed by atoms with Crippen molar-refractivity contribution in [2.45, 2.75) is 20.3 Å². The molecule has 1 heterocycles. The van der Waals surface area contributed by atoms with Gasteiger partial charge < -0.3 is 10.1 Å². The lowest BCUT2D eigenvalue weighted by Gasteiger charge is -2.19. The van der Waals surface area contributed by atoms with Crippen molar-refractivity contribution in [3.63, 3.8) is 0 Å². The minimum atomic E-state index is -0.700. The van der Waals surface area contributed by atoms with Crippen LogP contribution < -0.4 is 10.2 Å². The zero-order valence-electron chi connectivity index (χ0n) is 18.4. The van der Waals surface area contributed by atoms with Gasteiger partial charge in [-0.3, -0.25) is 14.4 Å². The summed E-state index contributed by atoms with van der Waals surface area (Å²) in [6, 6.07) is 13.5. The average Bonchev–Trinajstić information content (AvgIpc) is 3.44. The summed E-state index contributed by atoms with van der Waals surface area (Å²) >= 11 is 0. The molecule has 3 aliphatic rings. The normalized spacial score (nSPS) is 25.2. The van der Waals surface area contributed by atoms with Gasteiger partial charge in [0.25, 0.3) is 5.91 Å². The van der Waals surface area contributed by atoms with Gasteiger partial charge in [-0.05, 0) is 61.9 Å². The fourth-order valence-electron chi connectivity index (χ4n) is 5.41. The van der Waals surface area contributed by atoms with Crippen molar-refractivity contribution in [2.75, 3.05) is 16.8 Å². The number of carbonyl (C=O) groups excluding carboxylic acids is 4. The second kappa shape index (κ2) is 7.99. The van der Waals surface area contributed by atoms with Crippen LogP contribution in [0.2, 0.25) is 0 Å². The number of fused-ring (bicyclic) bond motifs is 5. The summed E-state index contributed by atoms with van der Waals surface area (Å²) in [6.07, 6.45) is 2.99. The highest BCUT2D eigenvalue weighted by atomic mass is 16.5. The number of hydrogen-bond donors (Lipinski definition) is 1. The molecule has 0 aromatic heterocycles. The Labute approximate surface area is 191 Å². The molecule has 1 aliphatic heterocycles. The first-order chi connectivity index (χ1) is 15.8. The highest BCUT2D eigenvalue weighted by Crippen LogP contribution is 2.55. The van der Waals surface area contributed by atoms with Gasteiger partial charge in [-0.1, -0.05) is 35.9 Å². The first-order valence-electron chi connectivity index (χ1n) is 11.0. The van der Waals surface area contributed by atoms with E-state index in [0.29, 0.717) is 11.4 Å². The summed E-state index contributed by atoms with van der Waals surface area (Å²) in [6.45, 7) is 3.44. The first kappa shape index (κ1) is 21.1. The molecule has 4 atom stereocenters. The molecule has 168 valence electrons. The molecule has 7 heteroatoms. The van der Waals surface area contributed by atoms with Gasteiger partial charge in [-0.15, -0.1) is 0 Å². The molecule has 1 saturated carbocycles. The molecule has 0 radical (unpaired) electrons. The smallest absolute Gasteiger partial charge is 0.338 e. The lowest BCUT2D eigenvalue weighted by Crippen LogP contribution is -2.33. The van der Waals surface area contributed by atoms with Gasteiger partial charge in [-0.2, -0.15) is 0 Å². The van der Waals surface area contributed by atoms with E-state index in [1.807, 2.05) is 26.0 Å². The van der Waals surface area contributed by atoms with Gasteiger partial charge in [0.05, 0.1) is 23.1 Å². The summed E-state index contributed by atoms with van der Waals surface area (Å²) in [5, 5.41) is 2.71. The highest BCUT2D eigenvalue weighted by Gasteiger charge is 2.60. The number of carbonyl (C=O) groups is 4. The maximum Gasteiger partial charge on any atom is 0.338 e. The van der Waals surface area contributed by atoms with Gasteiger partial charge >= 0.3 is 5.97 Å². The quantitative estimate of drug-likeness (QED) is 0.433. The second-order valence-electron chi connectivity index (χ2n) is 8.97. The number of anilines is 2. The number of nitrogens with zero attached hydrogens (tertiary/aromatic N) is 1. The van der Waals surface area contributed by atoms with Crippen LogP contribution in [0, 0.1) is 30.6 Å². The number of nitrogens with one attached hydrogen (secondary N) is 1. The third kappa shape index (κ3) is 3.53. The Balaban J connectivity index is 1.26. The zero-order chi connectivity index (χ0) is 23.3. The monoisotopic (exact) mass is 444 g/mol. The van der Waals surface area contributed by atoms with E-state index in [-0.39, 0.29) is 41.0 Å². The summed E-state index contributed by atoms with van der Waals surface area (Å²) in [5.74, 6) is -1.95. The first-order valence-corrected chi connectivity index (χ1v) is 11.0. The molecule has 1 N–H and O–H groups in total. The van der Waals surface area contributed by atoms with Crippen LogP contribution in [0.1, 0.15) is 29.3 Å². The zero-order valence-corrected chi connectivity index (χ0v) is 18.4. The maximum absolute atomic E-state index is 13.1. The minimum absolute atomic E-state index is 0.112. The molecule has 2 bridgehead atoms. The van der Waals surface area contributed by atoms with E-state index in [1.54, 1.807) is 24.3 Å². The number of imide groups is 1. The molecule has 7 nitrogen and oxygen atoms in total. The van der Waals surface area contributed by atoms with Gasteiger partial charge in [-0.25, -0.2) is 9.69 Å². The van der Waals surface area contributed by atoms with Crippen LogP contribution >= 0.6 is 0 Å². The van der Waals surface area contributed by atoms with Crippen LogP contribution in [0.15, 0.2) is 60.2 Å². The summed E-state index contributed by atoms with van der Waals surface area (Å²) in [5.41, 5.74) is 3.26. The summed E-state index contributed by atoms with van der Waals surface area (Å²) < 4.78 is 5.16. The van der Waals surface area contributed by atoms with Crippen LogP contribution in [0.4, 0.5) is 11.4 Å². The third-order valence-corrected chi connectivity index (χ3v) is 6.97. The molecule has 0 unspecified atom stereocenters. The van der Waals surface area contributed by atoms with Crippen LogP contribution in [0.3, 0.4) is 0 Å². The maximum atomic E-state index is 13.1. The fourth-order valence-corrected chi connectivity index (χ4v) is 5.41. The predicted octanol–water partition coefficient (Wildman–Crippen LogP) is 3.49. The molecule has 2 aliphatic carbocycles. The molecular formula is C26H24N2O5. The van der Waals surface area contributed by atoms with Gasteiger partial charge in [0.15, 0.2) is 6.61 Å². The van der Waals surface area contributed by atoms with Crippen molar-refractivity contribution < 1.29 is 23.9 Å². The van der Waals surface area contributed by atoms with Crippen LogP contribution in [-0.2, 0) is 19.1 Å². The molecule has 2 aromatic carbocycles. The number of esters is 1. The van der Waals surface area contributed by atoms with Crippen molar-refractivity contribution in [2.24, 2.45) is 23.7 Å². The number of rotatable bonds is 5. The lowest BCUT2D eigenvalue weighted by molar-refractivity contribution is -0.123. The predicted molar refractivity (Wildman–Crippen MR) is 121 cm³/mol. The molecule has 5 rings (SSSR count). The number of benzene rings is 2. The SMILES string of the molecule is CC1=C[C@H]2C[C@H]1[C@H]1C(=O)N(c3cccc(C(=O)OCC(=O)Nc4ccccc4C)c3)C(=O)[C@@H]12. The topological polar surface area (TPSA) is 92.8 Å². The minimum Gasteiger partial charge on any atom is -0.452 e. The lowest BCUT2D eigenvalue weighted by atomic mass is 9.82.